The van der Waals surface area contributed by atoms with Crippen LogP contribution in [0.5, 0.6) is 0 Å². The minimum Gasteiger partial charge on any atom is -0.330 e. The standard InChI is InChI=1S/C12H25N3O/c1-11(7-8-13)14(2)12(16)15-9-5-3-4-6-10-15/h11H,3-10,13H2,1-2H3. The normalized spacial score (nSPS) is 19.1. The van der Waals surface area contributed by atoms with Crippen LogP contribution in [-0.2, 0) is 0 Å². The minimum absolute atomic E-state index is 0.169. The third kappa shape index (κ3) is 3.67. The van der Waals surface area contributed by atoms with Crippen LogP contribution in [0.2, 0.25) is 0 Å². The number of hydrogen-bond donors (Lipinski definition) is 1. The molecule has 1 atom stereocenters. The molecule has 0 aromatic rings. The van der Waals surface area contributed by atoms with Crippen LogP contribution in [0.3, 0.4) is 0 Å². The lowest BCUT2D eigenvalue weighted by molar-refractivity contribution is 0.149. The van der Waals surface area contributed by atoms with Gasteiger partial charge < -0.3 is 15.5 Å². The first-order valence-electron chi connectivity index (χ1n) is 6.38. The first kappa shape index (κ1) is 13.3. The highest BCUT2D eigenvalue weighted by Crippen LogP contribution is 2.12. The number of hydrogen-bond acceptors (Lipinski definition) is 2. The Morgan fingerprint density at radius 1 is 1.31 bits per heavy atom. The number of nitrogens with two attached hydrogens (primary N) is 1. The van der Waals surface area contributed by atoms with Crippen LogP contribution in [0.25, 0.3) is 0 Å². The van der Waals surface area contributed by atoms with Gasteiger partial charge >= 0.3 is 6.03 Å². The molecule has 1 rings (SSSR count). The van der Waals surface area contributed by atoms with E-state index < -0.39 is 0 Å². The fourth-order valence-corrected chi connectivity index (χ4v) is 2.11. The molecular weight excluding hydrogens is 202 g/mol. The molecule has 94 valence electrons. The van der Waals surface area contributed by atoms with Gasteiger partial charge in [0.05, 0.1) is 0 Å². The number of nitrogens with zero attached hydrogens (tertiary/aromatic N) is 2. The smallest absolute Gasteiger partial charge is 0.319 e. The van der Waals surface area contributed by atoms with E-state index in [1.165, 1.54) is 12.8 Å². The summed E-state index contributed by atoms with van der Waals surface area (Å²) >= 11 is 0. The Morgan fingerprint density at radius 2 is 1.88 bits per heavy atom. The molecule has 1 unspecified atom stereocenters. The van der Waals surface area contributed by atoms with Crippen LogP contribution in [0.4, 0.5) is 4.79 Å². The van der Waals surface area contributed by atoms with E-state index >= 15 is 0 Å². The van der Waals surface area contributed by atoms with Crippen molar-refractivity contribution in [2.24, 2.45) is 5.73 Å². The van der Waals surface area contributed by atoms with Gasteiger partial charge in [-0.2, -0.15) is 0 Å². The zero-order valence-corrected chi connectivity index (χ0v) is 10.6. The number of rotatable bonds is 3. The number of likely N-dealkylation sites (tertiary alicyclic amines) is 1. The molecule has 1 saturated heterocycles. The SMILES string of the molecule is CC(CCN)N(C)C(=O)N1CCCCCC1. The summed E-state index contributed by atoms with van der Waals surface area (Å²) in [7, 11) is 1.88. The maximum atomic E-state index is 12.2. The van der Waals surface area contributed by atoms with E-state index in [1.807, 2.05) is 16.8 Å². The second kappa shape index (κ2) is 6.74. The Morgan fingerprint density at radius 3 is 2.38 bits per heavy atom. The summed E-state index contributed by atoms with van der Waals surface area (Å²) in [6.45, 7) is 4.53. The van der Waals surface area contributed by atoms with Gasteiger partial charge in [-0.15, -0.1) is 0 Å². The zero-order chi connectivity index (χ0) is 12.0. The Labute approximate surface area is 98.8 Å². The summed E-state index contributed by atoms with van der Waals surface area (Å²) in [5.74, 6) is 0. The molecule has 1 heterocycles. The van der Waals surface area contributed by atoms with Crippen molar-refractivity contribution in [3.8, 4) is 0 Å². The van der Waals surface area contributed by atoms with Crippen molar-refractivity contribution >= 4 is 6.03 Å². The maximum absolute atomic E-state index is 12.2. The zero-order valence-electron chi connectivity index (χ0n) is 10.6. The molecular formula is C12H25N3O. The Balaban J connectivity index is 2.47. The lowest BCUT2D eigenvalue weighted by Gasteiger charge is -2.31. The summed E-state index contributed by atoms with van der Waals surface area (Å²) < 4.78 is 0. The predicted octanol–water partition coefficient (Wildman–Crippen LogP) is 1.65. The first-order chi connectivity index (χ1) is 7.66. The van der Waals surface area contributed by atoms with E-state index in [4.69, 9.17) is 5.73 Å². The van der Waals surface area contributed by atoms with Crippen molar-refractivity contribution in [2.45, 2.75) is 45.1 Å². The summed E-state index contributed by atoms with van der Waals surface area (Å²) in [5, 5.41) is 0. The van der Waals surface area contributed by atoms with Crippen molar-refractivity contribution in [2.75, 3.05) is 26.7 Å². The van der Waals surface area contributed by atoms with Crippen LogP contribution >= 0.6 is 0 Å². The van der Waals surface area contributed by atoms with Crippen LogP contribution < -0.4 is 5.73 Å². The van der Waals surface area contributed by atoms with Gasteiger partial charge in [0, 0.05) is 26.2 Å². The van der Waals surface area contributed by atoms with Gasteiger partial charge in [-0.1, -0.05) is 12.8 Å². The maximum Gasteiger partial charge on any atom is 0.319 e. The molecule has 0 spiro atoms. The van der Waals surface area contributed by atoms with Gasteiger partial charge in [-0.05, 0) is 32.7 Å². The van der Waals surface area contributed by atoms with Gasteiger partial charge in [0.2, 0.25) is 0 Å². The molecule has 1 aliphatic rings. The highest BCUT2D eigenvalue weighted by Gasteiger charge is 2.21. The van der Waals surface area contributed by atoms with E-state index in [2.05, 4.69) is 6.92 Å². The molecule has 0 radical (unpaired) electrons. The number of urea groups is 1. The van der Waals surface area contributed by atoms with Crippen molar-refractivity contribution in [1.29, 1.82) is 0 Å². The van der Waals surface area contributed by atoms with Gasteiger partial charge in [0.25, 0.3) is 0 Å². The van der Waals surface area contributed by atoms with Crippen molar-refractivity contribution < 1.29 is 4.79 Å². The van der Waals surface area contributed by atoms with Gasteiger partial charge in [-0.25, -0.2) is 4.79 Å². The van der Waals surface area contributed by atoms with Crippen LogP contribution in [0, 0.1) is 0 Å². The monoisotopic (exact) mass is 227 g/mol. The van der Waals surface area contributed by atoms with Crippen LogP contribution in [0.1, 0.15) is 39.0 Å². The van der Waals surface area contributed by atoms with E-state index in [1.54, 1.807) is 0 Å². The van der Waals surface area contributed by atoms with Crippen molar-refractivity contribution in [3.05, 3.63) is 0 Å². The molecule has 2 N–H and O–H groups in total. The van der Waals surface area contributed by atoms with E-state index in [9.17, 15) is 4.79 Å². The Hall–Kier alpha value is -0.770. The largest absolute Gasteiger partial charge is 0.330 e. The molecule has 0 aliphatic carbocycles. The summed E-state index contributed by atoms with van der Waals surface area (Å²) in [5.41, 5.74) is 5.52. The van der Waals surface area contributed by atoms with Gasteiger partial charge in [0.1, 0.15) is 0 Å². The van der Waals surface area contributed by atoms with Crippen LogP contribution in [-0.4, -0.2) is 48.6 Å². The minimum atomic E-state index is 0.169. The van der Waals surface area contributed by atoms with Crippen LogP contribution in [0.15, 0.2) is 0 Å². The molecule has 16 heavy (non-hydrogen) atoms. The molecule has 1 fully saturated rings. The Kier molecular flexibility index (Phi) is 5.60. The predicted molar refractivity (Wildman–Crippen MR) is 66.3 cm³/mol. The molecule has 2 amide bonds. The topological polar surface area (TPSA) is 49.6 Å². The first-order valence-corrected chi connectivity index (χ1v) is 6.38. The summed E-state index contributed by atoms with van der Waals surface area (Å²) in [6, 6.07) is 0.406. The third-order valence-corrected chi connectivity index (χ3v) is 3.42. The average molecular weight is 227 g/mol. The fourth-order valence-electron chi connectivity index (χ4n) is 2.11. The molecule has 1 aliphatic heterocycles. The molecule has 0 saturated carbocycles. The quantitative estimate of drug-likeness (QED) is 0.797. The Bertz CT molecular complexity index is 212. The molecule has 4 heteroatoms. The molecule has 0 bridgehead atoms. The summed E-state index contributed by atoms with van der Waals surface area (Å²) in [6.07, 6.45) is 5.67. The molecule has 0 aromatic heterocycles. The second-order valence-electron chi connectivity index (χ2n) is 4.72. The van der Waals surface area contributed by atoms with E-state index in [0.717, 1.165) is 32.4 Å². The second-order valence-corrected chi connectivity index (χ2v) is 4.72. The molecule has 4 nitrogen and oxygen atoms in total. The van der Waals surface area contributed by atoms with Crippen molar-refractivity contribution in [3.63, 3.8) is 0 Å². The molecule has 0 aromatic carbocycles. The lowest BCUT2D eigenvalue weighted by Crippen LogP contribution is -2.45. The number of carbonyl (C=O) groups excluding carboxylic acids is 1. The van der Waals surface area contributed by atoms with Crippen molar-refractivity contribution in [1.82, 2.24) is 9.80 Å². The van der Waals surface area contributed by atoms with Gasteiger partial charge in [-0.3, -0.25) is 0 Å². The highest BCUT2D eigenvalue weighted by atomic mass is 16.2. The fraction of sp³-hybridized carbons (Fsp3) is 0.917. The van der Waals surface area contributed by atoms with Gasteiger partial charge in [0.15, 0.2) is 0 Å². The number of carbonyl (C=O) groups is 1. The van der Waals surface area contributed by atoms with E-state index in [0.29, 0.717) is 6.54 Å². The third-order valence-electron chi connectivity index (χ3n) is 3.42. The lowest BCUT2D eigenvalue weighted by atomic mass is 10.2. The van der Waals surface area contributed by atoms with E-state index in [-0.39, 0.29) is 12.1 Å². The number of amides is 2. The summed E-state index contributed by atoms with van der Waals surface area (Å²) in [4.78, 5) is 16.0. The average Bonchev–Trinajstić information content (AvgIpc) is 2.56. The highest BCUT2D eigenvalue weighted by molar-refractivity contribution is 5.74.